The standard InChI is InChI=1S/C32H44N4O8/c1-21(2)27-30(38)33-13-15-41-16-17-43-24-10-8-23(9-11-24)19-34-28(31(39)36-27)29(37)26(18-22-6-4-3-5-7-22)35-32(40)44-25-12-14-42-20-25/h3-11,21,25-29,34,37H,12-20H2,1-2H3,(H,33,38)(H,35,40)(H,36,39). The number of hydrogen-bond acceptors (Lipinski definition) is 9. The minimum Gasteiger partial charge on any atom is -0.491 e. The predicted molar refractivity (Wildman–Crippen MR) is 162 cm³/mol. The molecule has 2 aromatic rings. The summed E-state index contributed by atoms with van der Waals surface area (Å²) in [6.45, 7) is 5.95. The zero-order valence-corrected chi connectivity index (χ0v) is 25.3. The molecular weight excluding hydrogens is 568 g/mol. The van der Waals surface area contributed by atoms with Crippen LogP contribution in [0.5, 0.6) is 5.75 Å². The van der Waals surface area contributed by atoms with Gasteiger partial charge < -0.3 is 40.0 Å². The van der Waals surface area contributed by atoms with Gasteiger partial charge in [0.1, 0.15) is 30.5 Å². The Bertz CT molecular complexity index is 1190. The van der Waals surface area contributed by atoms with Crippen molar-refractivity contribution < 1.29 is 38.4 Å². The molecule has 3 heterocycles. The lowest BCUT2D eigenvalue weighted by molar-refractivity contribution is -0.133. The van der Waals surface area contributed by atoms with Gasteiger partial charge in [-0.25, -0.2) is 4.79 Å². The van der Waals surface area contributed by atoms with Crippen LogP contribution in [0.15, 0.2) is 54.6 Å². The van der Waals surface area contributed by atoms with Crippen molar-refractivity contribution in [3.05, 3.63) is 65.7 Å². The quantitative estimate of drug-likeness (QED) is 0.291. The summed E-state index contributed by atoms with van der Waals surface area (Å²) in [6.07, 6.45) is -1.69. The van der Waals surface area contributed by atoms with E-state index in [4.69, 9.17) is 18.9 Å². The lowest BCUT2D eigenvalue weighted by Crippen LogP contribution is -2.62. The zero-order chi connectivity index (χ0) is 31.3. The molecule has 3 aliphatic heterocycles. The van der Waals surface area contributed by atoms with Gasteiger partial charge >= 0.3 is 6.09 Å². The molecule has 3 aliphatic rings. The lowest BCUT2D eigenvalue weighted by atomic mass is 9.94. The fourth-order valence-corrected chi connectivity index (χ4v) is 5.05. The number of fused-ring (bicyclic) bond motifs is 15. The molecule has 0 spiro atoms. The van der Waals surface area contributed by atoms with Crippen LogP contribution in [0.2, 0.25) is 0 Å². The SMILES string of the molecule is CC(C)C1NC(=O)C(C(O)C(Cc2ccccc2)NC(=O)OC2CCOC2)NCc2ccc(cc2)OCCOCCNC1=O. The molecule has 2 aromatic carbocycles. The average molecular weight is 613 g/mol. The highest BCUT2D eigenvalue weighted by Crippen LogP contribution is 2.16. The number of aliphatic hydroxyl groups excluding tert-OH is 1. The smallest absolute Gasteiger partial charge is 0.407 e. The molecule has 5 atom stereocenters. The van der Waals surface area contributed by atoms with Crippen LogP contribution in [-0.4, -0.2) is 92.9 Å². The summed E-state index contributed by atoms with van der Waals surface area (Å²) < 4.78 is 22.1. The molecule has 1 fully saturated rings. The summed E-state index contributed by atoms with van der Waals surface area (Å²) in [7, 11) is 0. The number of hydrogen-bond donors (Lipinski definition) is 5. The average Bonchev–Trinajstić information content (AvgIpc) is 3.52. The Kier molecular flexibility index (Phi) is 12.8. The summed E-state index contributed by atoms with van der Waals surface area (Å²) in [5.41, 5.74) is 1.69. The molecule has 12 nitrogen and oxygen atoms in total. The monoisotopic (exact) mass is 612 g/mol. The van der Waals surface area contributed by atoms with Gasteiger partial charge in [-0.05, 0) is 35.6 Å². The molecule has 44 heavy (non-hydrogen) atoms. The Morgan fingerprint density at radius 1 is 0.977 bits per heavy atom. The van der Waals surface area contributed by atoms with Crippen molar-refractivity contribution in [3.63, 3.8) is 0 Å². The van der Waals surface area contributed by atoms with Gasteiger partial charge in [-0.15, -0.1) is 0 Å². The highest BCUT2D eigenvalue weighted by atomic mass is 16.6. The van der Waals surface area contributed by atoms with Crippen molar-refractivity contribution in [3.8, 4) is 5.75 Å². The number of carbonyl (C=O) groups is 3. The summed E-state index contributed by atoms with van der Waals surface area (Å²) in [6, 6.07) is 13.7. The molecule has 2 bridgehead atoms. The number of benzene rings is 2. The Morgan fingerprint density at radius 3 is 2.45 bits per heavy atom. The second-order valence-electron chi connectivity index (χ2n) is 11.3. The fraction of sp³-hybridized carbons (Fsp3) is 0.531. The number of amides is 3. The highest BCUT2D eigenvalue weighted by Gasteiger charge is 2.37. The van der Waals surface area contributed by atoms with Gasteiger partial charge in [0, 0.05) is 19.5 Å². The third kappa shape index (κ3) is 10.2. The molecule has 0 aromatic heterocycles. The number of nitrogens with one attached hydrogen (secondary N) is 4. The van der Waals surface area contributed by atoms with Gasteiger partial charge in [-0.3, -0.25) is 14.9 Å². The van der Waals surface area contributed by atoms with E-state index < -0.39 is 36.2 Å². The molecule has 240 valence electrons. The number of alkyl carbamates (subject to hydrolysis) is 1. The second kappa shape index (κ2) is 17.0. The Morgan fingerprint density at radius 2 is 1.75 bits per heavy atom. The van der Waals surface area contributed by atoms with Crippen LogP contribution in [-0.2, 0) is 36.8 Å². The maximum atomic E-state index is 13.9. The minimum atomic E-state index is -1.40. The van der Waals surface area contributed by atoms with E-state index in [1.54, 1.807) is 0 Å². The molecule has 5 unspecified atom stereocenters. The predicted octanol–water partition coefficient (Wildman–Crippen LogP) is 1.30. The van der Waals surface area contributed by atoms with Crippen LogP contribution in [0, 0.1) is 5.92 Å². The van der Waals surface area contributed by atoms with Crippen molar-refractivity contribution in [1.82, 2.24) is 21.3 Å². The third-order valence-electron chi connectivity index (χ3n) is 7.54. The summed E-state index contributed by atoms with van der Waals surface area (Å²) >= 11 is 0. The van der Waals surface area contributed by atoms with Crippen molar-refractivity contribution in [1.29, 1.82) is 0 Å². The van der Waals surface area contributed by atoms with Crippen LogP contribution in [0.4, 0.5) is 4.79 Å². The minimum absolute atomic E-state index is 0.221. The van der Waals surface area contributed by atoms with Crippen LogP contribution in [0.1, 0.15) is 31.4 Å². The molecule has 12 heteroatoms. The molecule has 0 radical (unpaired) electrons. The summed E-state index contributed by atoms with van der Waals surface area (Å²) in [5.74, 6) is -0.523. The van der Waals surface area contributed by atoms with Gasteiger partial charge in [0.25, 0.3) is 0 Å². The van der Waals surface area contributed by atoms with Crippen molar-refractivity contribution in [2.45, 2.75) is 63.6 Å². The second-order valence-corrected chi connectivity index (χ2v) is 11.3. The van der Waals surface area contributed by atoms with Crippen LogP contribution in [0.25, 0.3) is 0 Å². The largest absolute Gasteiger partial charge is 0.491 e. The van der Waals surface area contributed by atoms with Crippen LogP contribution in [0.3, 0.4) is 0 Å². The van der Waals surface area contributed by atoms with E-state index in [0.717, 1.165) is 11.1 Å². The van der Waals surface area contributed by atoms with Crippen LogP contribution >= 0.6 is 0 Å². The third-order valence-corrected chi connectivity index (χ3v) is 7.54. The first-order valence-corrected chi connectivity index (χ1v) is 15.2. The maximum absolute atomic E-state index is 13.9. The topological polar surface area (TPSA) is 156 Å². The Hall–Kier alpha value is -3.71. The molecule has 5 rings (SSSR count). The molecule has 0 aliphatic carbocycles. The lowest BCUT2D eigenvalue weighted by Gasteiger charge is -2.32. The van der Waals surface area contributed by atoms with Gasteiger partial charge in [-0.2, -0.15) is 0 Å². The number of rotatable bonds is 7. The van der Waals surface area contributed by atoms with Crippen molar-refractivity contribution >= 4 is 17.9 Å². The Labute approximate surface area is 258 Å². The highest BCUT2D eigenvalue weighted by molar-refractivity contribution is 5.90. The number of aliphatic hydroxyl groups is 1. The van der Waals surface area contributed by atoms with E-state index in [0.29, 0.717) is 38.6 Å². The first-order chi connectivity index (χ1) is 21.3. The number of carbonyl (C=O) groups excluding carboxylic acids is 3. The van der Waals surface area contributed by atoms with Gasteiger partial charge in [0.2, 0.25) is 11.8 Å². The van der Waals surface area contributed by atoms with Gasteiger partial charge in [0.05, 0.1) is 38.6 Å². The molecule has 3 amide bonds. The number of ether oxygens (including phenoxy) is 4. The molecule has 0 saturated carbocycles. The first kappa shape index (κ1) is 33.2. The summed E-state index contributed by atoms with van der Waals surface area (Å²) in [5, 5.41) is 23.4. The van der Waals surface area contributed by atoms with E-state index in [1.807, 2.05) is 68.4 Å². The van der Waals surface area contributed by atoms with Gasteiger partial charge in [-0.1, -0.05) is 56.3 Å². The van der Waals surface area contributed by atoms with Gasteiger partial charge in [0.15, 0.2) is 0 Å². The first-order valence-electron chi connectivity index (χ1n) is 15.2. The van der Waals surface area contributed by atoms with E-state index in [-0.39, 0.29) is 44.0 Å². The van der Waals surface area contributed by atoms with E-state index in [2.05, 4.69) is 21.3 Å². The normalized spacial score (nSPS) is 23.4. The van der Waals surface area contributed by atoms with E-state index in [9.17, 15) is 19.5 Å². The van der Waals surface area contributed by atoms with Crippen molar-refractivity contribution in [2.75, 3.05) is 39.6 Å². The summed E-state index contributed by atoms with van der Waals surface area (Å²) in [4.78, 5) is 39.9. The van der Waals surface area contributed by atoms with Crippen molar-refractivity contribution in [2.24, 2.45) is 5.92 Å². The molecule has 1 saturated heterocycles. The zero-order valence-electron chi connectivity index (χ0n) is 25.3. The Balaban J connectivity index is 1.59. The van der Waals surface area contributed by atoms with Crippen LogP contribution < -0.4 is 26.0 Å². The molecule has 5 N–H and O–H groups in total. The maximum Gasteiger partial charge on any atom is 0.407 e. The van der Waals surface area contributed by atoms with E-state index >= 15 is 0 Å². The van der Waals surface area contributed by atoms with E-state index in [1.165, 1.54) is 0 Å². The fourth-order valence-electron chi connectivity index (χ4n) is 5.05. The molecular formula is C32H44N4O8.